The molecule has 4 aromatic rings. The SMILES string of the molecule is COc1ccccc1-c1cccc(CNc2nc3cc(S(C)(=O)=O)ccc3s2)c1. The molecule has 0 spiro atoms. The summed E-state index contributed by atoms with van der Waals surface area (Å²) in [6, 6.07) is 21.2. The van der Waals surface area contributed by atoms with E-state index in [-0.39, 0.29) is 4.90 Å². The summed E-state index contributed by atoms with van der Waals surface area (Å²) in [6.45, 7) is 0.613. The van der Waals surface area contributed by atoms with Gasteiger partial charge in [-0.3, -0.25) is 0 Å². The van der Waals surface area contributed by atoms with Crippen LogP contribution < -0.4 is 10.1 Å². The summed E-state index contributed by atoms with van der Waals surface area (Å²) in [5.41, 5.74) is 3.93. The molecule has 0 unspecified atom stereocenters. The second-order valence-corrected chi connectivity index (χ2v) is 9.72. The molecule has 0 fully saturated rings. The number of benzene rings is 3. The van der Waals surface area contributed by atoms with Crippen molar-refractivity contribution in [3.63, 3.8) is 0 Å². The number of ether oxygens (including phenoxy) is 1. The second kappa shape index (κ2) is 7.85. The third-order valence-corrected chi connectivity index (χ3v) is 6.68. The average molecular weight is 425 g/mol. The zero-order valence-corrected chi connectivity index (χ0v) is 17.7. The maximum absolute atomic E-state index is 11.7. The fraction of sp³-hybridized carbons (Fsp3) is 0.136. The van der Waals surface area contributed by atoms with E-state index < -0.39 is 9.84 Å². The van der Waals surface area contributed by atoms with Crippen LogP contribution >= 0.6 is 11.3 Å². The third-order valence-electron chi connectivity index (χ3n) is 4.58. The Morgan fingerprint density at radius 2 is 1.86 bits per heavy atom. The topological polar surface area (TPSA) is 68.3 Å². The molecule has 0 saturated heterocycles. The molecular formula is C22H20N2O3S2. The minimum absolute atomic E-state index is 0.284. The quantitative estimate of drug-likeness (QED) is 0.472. The van der Waals surface area contributed by atoms with Gasteiger partial charge in [0, 0.05) is 18.4 Å². The molecule has 3 aromatic carbocycles. The molecule has 29 heavy (non-hydrogen) atoms. The lowest BCUT2D eigenvalue weighted by Crippen LogP contribution is -1.99. The molecule has 0 aliphatic rings. The Hall–Kier alpha value is -2.90. The normalized spacial score (nSPS) is 11.5. The molecule has 0 aliphatic heterocycles. The second-order valence-electron chi connectivity index (χ2n) is 6.67. The fourth-order valence-corrected chi connectivity index (χ4v) is 4.61. The van der Waals surface area contributed by atoms with Gasteiger partial charge in [0.25, 0.3) is 0 Å². The average Bonchev–Trinajstić information content (AvgIpc) is 3.14. The Bertz CT molecular complexity index is 1280. The Kier molecular flexibility index (Phi) is 5.25. The number of anilines is 1. The van der Waals surface area contributed by atoms with Crippen LogP contribution in [0.15, 0.2) is 71.6 Å². The first-order chi connectivity index (χ1) is 13.9. The van der Waals surface area contributed by atoms with Gasteiger partial charge in [-0.15, -0.1) is 0 Å². The third kappa shape index (κ3) is 4.26. The van der Waals surface area contributed by atoms with Gasteiger partial charge in [0.1, 0.15) is 5.75 Å². The lowest BCUT2D eigenvalue weighted by Gasteiger charge is -2.10. The van der Waals surface area contributed by atoms with Gasteiger partial charge >= 0.3 is 0 Å². The van der Waals surface area contributed by atoms with Gasteiger partial charge in [0.15, 0.2) is 15.0 Å². The molecule has 7 heteroatoms. The molecule has 1 aromatic heterocycles. The van der Waals surface area contributed by atoms with Crippen molar-refractivity contribution in [3.05, 3.63) is 72.3 Å². The summed E-state index contributed by atoms with van der Waals surface area (Å²) < 4.78 is 29.9. The van der Waals surface area contributed by atoms with Crippen LogP contribution in [0, 0.1) is 0 Å². The lowest BCUT2D eigenvalue weighted by atomic mass is 10.0. The van der Waals surface area contributed by atoms with Crippen LogP contribution in [-0.4, -0.2) is 26.8 Å². The molecule has 5 nitrogen and oxygen atoms in total. The van der Waals surface area contributed by atoms with Crippen molar-refractivity contribution in [3.8, 4) is 16.9 Å². The van der Waals surface area contributed by atoms with E-state index in [2.05, 4.69) is 28.5 Å². The number of methoxy groups -OCH3 is 1. The number of nitrogens with one attached hydrogen (secondary N) is 1. The number of nitrogens with zero attached hydrogens (tertiary/aromatic N) is 1. The highest BCUT2D eigenvalue weighted by Crippen LogP contribution is 2.31. The molecule has 1 N–H and O–H groups in total. The van der Waals surface area contributed by atoms with Crippen molar-refractivity contribution in [2.75, 3.05) is 18.7 Å². The van der Waals surface area contributed by atoms with E-state index in [1.165, 1.54) is 17.6 Å². The van der Waals surface area contributed by atoms with Crippen molar-refractivity contribution < 1.29 is 13.2 Å². The van der Waals surface area contributed by atoms with Gasteiger partial charge < -0.3 is 10.1 Å². The van der Waals surface area contributed by atoms with E-state index in [0.717, 1.165) is 32.3 Å². The van der Waals surface area contributed by atoms with E-state index >= 15 is 0 Å². The first kappa shape index (κ1) is 19.4. The number of thiazole rings is 1. The van der Waals surface area contributed by atoms with E-state index in [1.807, 2.05) is 30.3 Å². The summed E-state index contributed by atoms with van der Waals surface area (Å²) in [5, 5.41) is 4.10. The minimum Gasteiger partial charge on any atom is -0.496 e. The highest BCUT2D eigenvalue weighted by molar-refractivity contribution is 7.90. The first-order valence-electron chi connectivity index (χ1n) is 9.01. The molecule has 0 radical (unpaired) electrons. The number of para-hydroxylation sites is 1. The summed E-state index contributed by atoms with van der Waals surface area (Å²) >= 11 is 1.51. The van der Waals surface area contributed by atoms with E-state index in [0.29, 0.717) is 12.1 Å². The molecule has 0 amide bonds. The molecule has 4 rings (SSSR count). The maximum atomic E-state index is 11.7. The van der Waals surface area contributed by atoms with Crippen molar-refractivity contribution in [2.45, 2.75) is 11.4 Å². The standard InChI is InChI=1S/C22H20N2O3S2/c1-27-20-9-4-3-8-18(20)16-7-5-6-15(12-16)14-23-22-24-19-13-17(29(2,25)26)10-11-21(19)28-22/h3-13H,14H2,1-2H3,(H,23,24). The summed E-state index contributed by atoms with van der Waals surface area (Å²) in [6.07, 6.45) is 1.20. The highest BCUT2D eigenvalue weighted by atomic mass is 32.2. The highest BCUT2D eigenvalue weighted by Gasteiger charge is 2.11. The monoisotopic (exact) mass is 424 g/mol. The predicted octanol–water partition coefficient (Wildman–Crippen LogP) is 4.99. The van der Waals surface area contributed by atoms with Crippen LogP contribution in [0.25, 0.3) is 21.3 Å². The summed E-state index contributed by atoms with van der Waals surface area (Å²) in [7, 11) is -1.57. The van der Waals surface area contributed by atoms with Crippen LogP contribution in [0.1, 0.15) is 5.56 Å². The van der Waals surface area contributed by atoms with Crippen LogP contribution in [0.3, 0.4) is 0 Å². The summed E-state index contributed by atoms with van der Waals surface area (Å²) in [5.74, 6) is 0.838. The summed E-state index contributed by atoms with van der Waals surface area (Å²) in [4.78, 5) is 4.82. The van der Waals surface area contributed by atoms with Gasteiger partial charge in [-0.1, -0.05) is 47.7 Å². The molecule has 0 aliphatic carbocycles. The van der Waals surface area contributed by atoms with E-state index in [9.17, 15) is 8.42 Å². The minimum atomic E-state index is -3.24. The van der Waals surface area contributed by atoms with E-state index in [1.54, 1.807) is 25.3 Å². The molecule has 0 saturated carbocycles. The predicted molar refractivity (Wildman–Crippen MR) is 118 cm³/mol. The van der Waals surface area contributed by atoms with Gasteiger partial charge in [-0.25, -0.2) is 13.4 Å². The molecule has 0 atom stereocenters. The van der Waals surface area contributed by atoms with Crippen molar-refractivity contribution in [1.82, 2.24) is 4.98 Å². The molecule has 0 bridgehead atoms. The zero-order chi connectivity index (χ0) is 20.4. The Morgan fingerprint density at radius 3 is 2.66 bits per heavy atom. The van der Waals surface area contributed by atoms with Gasteiger partial charge in [0.05, 0.1) is 22.2 Å². The number of rotatable bonds is 6. The fourth-order valence-electron chi connectivity index (χ4n) is 3.12. The first-order valence-corrected chi connectivity index (χ1v) is 11.7. The maximum Gasteiger partial charge on any atom is 0.184 e. The Labute approximate surface area is 173 Å². The van der Waals surface area contributed by atoms with Crippen LogP contribution in [-0.2, 0) is 16.4 Å². The van der Waals surface area contributed by atoms with Crippen molar-refractivity contribution in [2.24, 2.45) is 0 Å². The number of aromatic nitrogens is 1. The van der Waals surface area contributed by atoms with Crippen molar-refractivity contribution >= 4 is 36.5 Å². The number of hydrogen-bond donors (Lipinski definition) is 1. The van der Waals surface area contributed by atoms with Gasteiger partial charge in [0.2, 0.25) is 0 Å². The zero-order valence-electron chi connectivity index (χ0n) is 16.0. The van der Waals surface area contributed by atoms with Crippen molar-refractivity contribution in [1.29, 1.82) is 0 Å². The Morgan fingerprint density at radius 1 is 1.03 bits per heavy atom. The van der Waals surface area contributed by atoms with Gasteiger partial charge in [-0.2, -0.15) is 0 Å². The molecule has 148 valence electrons. The number of fused-ring (bicyclic) bond motifs is 1. The number of sulfone groups is 1. The Balaban J connectivity index is 1.55. The number of hydrogen-bond acceptors (Lipinski definition) is 6. The van der Waals surface area contributed by atoms with Gasteiger partial charge in [-0.05, 0) is 41.5 Å². The van der Waals surface area contributed by atoms with E-state index in [4.69, 9.17) is 4.74 Å². The molecular weight excluding hydrogens is 404 g/mol. The molecule has 1 heterocycles. The van der Waals surface area contributed by atoms with Crippen LogP contribution in [0.5, 0.6) is 5.75 Å². The smallest absolute Gasteiger partial charge is 0.184 e. The lowest BCUT2D eigenvalue weighted by molar-refractivity contribution is 0.416. The van der Waals surface area contributed by atoms with Crippen LogP contribution in [0.2, 0.25) is 0 Å². The largest absolute Gasteiger partial charge is 0.496 e. The van der Waals surface area contributed by atoms with Crippen LogP contribution in [0.4, 0.5) is 5.13 Å².